The Balaban J connectivity index is 1.30. The molecule has 0 aliphatic carbocycles. The van der Waals surface area contributed by atoms with Crippen LogP contribution in [0, 0.1) is 11.7 Å². The number of hydrogen-bond acceptors (Lipinski definition) is 5. The summed E-state index contributed by atoms with van der Waals surface area (Å²) in [6.45, 7) is 1.70. The van der Waals surface area contributed by atoms with Gasteiger partial charge >= 0.3 is 0 Å². The second-order valence-electron chi connectivity index (χ2n) is 8.60. The lowest BCUT2D eigenvalue weighted by atomic mass is 9.95. The van der Waals surface area contributed by atoms with Gasteiger partial charge in [0.05, 0.1) is 12.0 Å². The number of carbonyl (C=O) groups excluding carboxylic acids is 1. The van der Waals surface area contributed by atoms with E-state index in [9.17, 15) is 17.6 Å². The van der Waals surface area contributed by atoms with Gasteiger partial charge in [0.1, 0.15) is 11.6 Å². The predicted molar refractivity (Wildman–Crippen MR) is 138 cm³/mol. The molecule has 2 N–H and O–H groups in total. The van der Waals surface area contributed by atoms with E-state index < -0.39 is 10.0 Å². The first-order valence-corrected chi connectivity index (χ1v) is 13.3. The standard InChI is InChI=1S/C26H27ClFN3O4S/c1-35-21-9-5-20(6-10-21)30-36(33,34)22-11-7-19(8-12-22)29-26(32)18-13-15-31(16-14-18)17-23-24(27)3-2-4-25(23)28/h2-12,18,30H,13-17H2,1H3,(H,29,32). The van der Waals surface area contributed by atoms with Gasteiger partial charge in [0, 0.05) is 34.4 Å². The van der Waals surface area contributed by atoms with Gasteiger partial charge in [0.25, 0.3) is 10.0 Å². The number of amides is 1. The van der Waals surface area contributed by atoms with Gasteiger partial charge in [-0.2, -0.15) is 0 Å². The number of nitrogens with one attached hydrogen (secondary N) is 2. The summed E-state index contributed by atoms with van der Waals surface area (Å²) < 4.78 is 47.0. The first-order valence-electron chi connectivity index (χ1n) is 11.5. The number of benzene rings is 3. The molecule has 3 aromatic rings. The Morgan fingerprint density at radius 3 is 2.28 bits per heavy atom. The van der Waals surface area contributed by atoms with E-state index in [1.165, 1.54) is 25.3 Å². The number of nitrogens with zero attached hydrogens (tertiary/aromatic N) is 1. The van der Waals surface area contributed by atoms with Crippen molar-refractivity contribution in [1.82, 2.24) is 4.90 Å². The minimum atomic E-state index is -3.78. The van der Waals surface area contributed by atoms with Crippen LogP contribution in [0.4, 0.5) is 15.8 Å². The molecule has 1 aliphatic rings. The number of carbonyl (C=O) groups is 1. The van der Waals surface area contributed by atoms with Crippen molar-refractivity contribution in [3.63, 3.8) is 0 Å². The summed E-state index contributed by atoms with van der Waals surface area (Å²) in [7, 11) is -2.25. The molecule has 0 atom stereocenters. The van der Waals surface area contributed by atoms with Crippen LogP contribution in [0.15, 0.2) is 71.6 Å². The molecule has 0 radical (unpaired) electrons. The molecule has 36 heavy (non-hydrogen) atoms. The highest BCUT2D eigenvalue weighted by atomic mass is 35.5. The van der Waals surface area contributed by atoms with Crippen LogP contribution in [0.25, 0.3) is 0 Å². The van der Waals surface area contributed by atoms with Gasteiger partial charge in [0.15, 0.2) is 0 Å². The number of halogens is 2. The number of methoxy groups -OCH3 is 1. The van der Waals surface area contributed by atoms with E-state index in [-0.39, 0.29) is 22.5 Å². The van der Waals surface area contributed by atoms with Crippen molar-refractivity contribution in [3.05, 3.63) is 83.1 Å². The van der Waals surface area contributed by atoms with Crippen LogP contribution in [0.3, 0.4) is 0 Å². The fraction of sp³-hybridized carbons (Fsp3) is 0.269. The van der Waals surface area contributed by atoms with Crippen molar-refractivity contribution in [2.24, 2.45) is 5.92 Å². The van der Waals surface area contributed by atoms with Crippen molar-refractivity contribution in [2.75, 3.05) is 30.2 Å². The summed E-state index contributed by atoms with van der Waals surface area (Å²) in [6.07, 6.45) is 1.27. The van der Waals surface area contributed by atoms with Crippen molar-refractivity contribution >= 4 is 38.9 Å². The quantitative estimate of drug-likeness (QED) is 0.420. The highest BCUT2D eigenvalue weighted by Crippen LogP contribution is 2.26. The van der Waals surface area contributed by atoms with Crippen LogP contribution in [0.5, 0.6) is 5.75 Å². The lowest BCUT2D eigenvalue weighted by molar-refractivity contribution is -0.121. The van der Waals surface area contributed by atoms with Crippen LogP contribution in [-0.2, 0) is 21.4 Å². The maximum Gasteiger partial charge on any atom is 0.261 e. The average molecular weight is 532 g/mol. The molecule has 7 nitrogen and oxygen atoms in total. The van der Waals surface area contributed by atoms with Gasteiger partial charge in [-0.25, -0.2) is 12.8 Å². The smallest absolute Gasteiger partial charge is 0.261 e. The maximum absolute atomic E-state index is 14.1. The lowest BCUT2D eigenvalue weighted by Gasteiger charge is -2.31. The zero-order valence-electron chi connectivity index (χ0n) is 19.7. The number of ether oxygens (including phenoxy) is 1. The van der Waals surface area contributed by atoms with E-state index in [4.69, 9.17) is 16.3 Å². The minimum absolute atomic E-state index is 0.0800. The van der Waals surface area contributed by atoms with E-state index >= 15 is 0 Å². The van der Waals surface area contributed by atoms with Crippen molar-refractivity contribution in [3.8, 4) is 5.75 Å². The molecule has 0 saturated carbocycles. The van der Waals surface area contributed by atoms with Crippen LogP contribution < -0.4 is 14.8 Å². The van der Waals surface area contributed by atoms with Crippen molar-refractivity contribution < 1.29 is 22.3 Å². The Kier molecular flexibility index (Phi) is 8.13. The molecule has 1 amide bonds. The van der Waals surface area contributed by atoms with Gasteiger partial charge in [-0.05, 0) is 86.6 Å². The fourth-order valence-corrected chi connectivity index (χ4v) is 5.38. The molecule has 190 valence electrons. The second-order valence-corrected chi connectivity index (χ2v) is 10.7. The fourth-order valence-electron chi connectivity index (χ4n) is 4.10. The Labute approximate surface area is 215 Å². The average Bonchev–Trinajstić information content (AvgIpc) is 2.87. The first kappa shape index (κ1) is 25.9. The van der Waals surface area contributed by atoms with Crippen LogP contribution in [-0.4, -0.2) is 39.4 Å². The monoisotopic (exact) mass is 531 g/mol. The Bertz CT molecular complexity index is 1290. The minimum Gasteiger partial charge on any atom is -0.497 e. The third-order valence-electron chi connectivity index (χ3n) is 6.18. The number of piperidine rings is 1. The summed E-state index contributed by atoms with van der Waals surface area (Å²) in [5, 5.41) is 3.27. The molecule has 3 aromatic carbocycles. The third kappa shape index (κ3) is 6.34. The molecule has 1 saturated heterocycles. The number of rotatable bonds is 8. The normalized spacial score (nSPS) is 14.9. The molecule has 1 aliphatic heterocycles. The summed E-state index contributed by atoms with van der Waals surface area (Å²) in [5.41, 5.74) is 1.40. The summed E-state index contributed by atoms with van der Waals surface area (Å²) in [5.74, 6) is -0.00624. The molecule has 0 spiro atoms. The maximum atomic E-state index is 14.1. The zero-order chi connectivity index (χ0) is 25.7. The Hall–Kier alpha value is -3.14. The summed E-state index contributed by atoms with van der Waals surface area (Å²) in [6, 6.07) is 17.2. The van der Waals surface area contributed by atoms with Crippen LogP contribution in [0.2, 0.25) is 5.02 Å². The molecule has 0 bridgehead atoms. The molecular formula is C26H27ClFN3O4S. The van der Waals surface area contributed by atoms with Crippen molar-refractivity contribution in [2.45, 2.75) is 24.3 Å². The van der Waals surface area contributed by atoms with E-state index in [2.05, 4.69) is 14.9 Å². The number of anilines is 2. The molecule has 10 heteroatoms. The first-order chi connectivity index (χ1) is 17.2. The Morgan fingerprint density at radius 1 is 1.03 bits per heavy atom. The zero-order valence-corrected chi connectivity index (χ0v) is 21.3. The summed E-state index contributed by atoms with van der Waals surface area (Å²) in [4.78, 5) is 14.9. The molecule has 1 heterocycles. The molecule has 1 fully saturated rings. The topological polar surface area (TPSA) is 87.7 Å². The van der Waals surface area contributed by atoms with Gasteiger partial charge in [-0.1, -0.05) is 17.7 Å². The second kappa shape index (κ2) is 11.3. The van der Waals surface area contributed by atoms with E-state index in [0.29, 0.717) is 60.2 Å². The van der Waals surface area contributed by atoms with Crippen LogP contribution >= 0.6 is 11.6 Å². The third-order valence-corrected chi connectivity index (χ3v) is 7.93. The van der Waals surface area contributed by atoms with E-state index in [1.54, 1.807) is 48.5 Å². The Morgan fingerprint density at radius 2 is 1.67 bits per heavy atom. The predicted octanol–water partition coefficient (Wildman–Crippen LogP) is 5.14. The molecule has 0 unspecified atom stereocenters. The van der Waals surface area contributed by atoms with Crippen LogP contribution in [0.1, 0.15) is 18.4 Å². The summed E-state index contributed by atoms with van der Waals surface area (Å²) >= 11 is 6.13. The van der Waals surface area contributed by atoms with Gasteiger partial charge in [-0.15, -0.1) is 0 Å². The largest absolute Gasteiger partial charge is 0.497 e. The van der Waals surface area contributed by atoms with Gasteiger partial charge < -0.3 is 10.1 Å². The molecular weight excluding hydrogens is 505 g/mol. The van der Waals surface area contributed by atoms with E-state index in [1.807, 2.05) is 0 Å². The number of hydrogen-bond donors (Lipinski definition) is 2. The number of sulfonamides is 1. The lowest BCUT2D eigenvalue weighted by Crippen LogP contribution is -2.38. The van der Waals surface area contributed by atoms with Crippen molar-refractivity contribution in [1.29, 1.82) is 0 Å². The number of likely N-dealkylation sites (tertiary alicyclic amines) is 1. The highest BCUT2D eigenvalue weighted by molar-refractivity contribution is 7.92. The highest BCUT2D eigenvalue weighted by Gasteiger charge is 2.26. The van der Waals surface area contributed by atoms with Gasteiger partial charge in [0.2, 0.25) is 5.91 Å². The molecule has 0 aromatic heterocycles. The SMILES string of the molecule is COc1ccc(NS(=O)(=O)c2ccc(NC(=O)C3CCN(Cc4c(F)cccc4Cl)CC3)cc2)cc1. The van der Waals surface area contributed by atoms with Gasteiger partial charge in [-0.3, -0.25) is 14.4 Å². The van der Waals surface area contributed by atoms with E-state index in [0.717, 1.165) is 0 Å². The molecule has 4 rings (SSSR count).